The Kier molecular flexibility index (Phi) is 6.53. The van der Waals surface area contributed by atoms with Crippen molar-refractivity contribution in [3.63, 3.8) is 0 Å². The Morgan fingerprint density at radius 1 is 1.00 bits per heavy atom. The molecule has 4 heteroatoms. The molecule has 2 aliphatic rings. The highest BCUT2D eigenvalue weighted by Crippen LogP contribution is 2.27. The average molecular weight is 330 g/mol. The van der Waals surface area contributed by atoms with Crippen molar-refractivity contribution in [2.45, 2.75) is 38.5 Å². The predicted octanol–water partition coefficient (Wildman–Crippen LogP) is 3.18. The maximum Gasteiger partial charge on any atom is 0.222 e. The van der Waals surface area contributed by atoms with Gasteiger partial charge in [0, 0.05) is 39.1 Å². The SMILES string of the molecule is O=C(CC1CCCCC1)N1CCN(CCOc2ccccc2)CC1. The first-order chi connectivity index (χ1) is 11.8. The molecule has 0 aromatic heterocycles. The van der Waals surface area contributed by atoms with Crippen molar-refractivity contribution in [2.24, 2.45) is 5.92 Å². The highest BCUT2D eigenvalue weighted by atomic mass is 16.5. The molecule has 0 unspecified atom stereocenters. The van der Waals surface area contributed by atoms with Gasteiger partial charge in [0.15, 0.2) is 0 Å². The van der Waals surface area contributed by atoms with E-state index in [2.05, 4.69) is 9.80 Å². The zero-order valence-electron chi connectivity index (χ0n) is 14.7. The fourth-order valence-corrected chi connectivity index (χ4v) is 3.80. The molecule has 0 spiro atoms. The summed E-state index contributed by atoms with van der Waals surface area (Å²) >= 11 is 0. The molecule has 3 rings (SSSR count). The van der Waals surface area contributed by atoms with Crippen molar-refractivity contribution in [1.82, 2.24) is 9.80 Å². The van der Waals surface area contributed by atoms with Crippen molar-refractivity contribution in [2.75, 3.05) is 39.3 Å². The zero-order chi connectivity index (χ0) is 16.6. The van der Waals surface area contributed by atoms with E-state index >= 15 is 0 Å². The van der Waals surface area contributed by atoms with Crippen LogP contribution in [0.25, 0.3) is 0 Å². The van der Waals surface area contributed by atoms with E-state index in [0.717, 1.165) is 44.9 Å². The smallest absolute Gasteiger partial charge is 0.222 e. The van der Waals surface area contributed by atoms with E-state index in [9.17, 15) is 4.79 Å². The van der Waals surface area contributed by atoms with Crippen molar-refractivity contribution < 1.29 is 9.53 Å². The number of para-hydroxylation sites is 1. The number of carbonyl (C=O) groups is 1. The van der Waals surface area contributed by atoms with Gasteiger partial charge in [-0.05, 0) is 30.9 Å². The minimum atomic E-state index is 0.377. The van der Waals surface area contributed by atoms with Gasteiger partial charge in [-0.2, -0.15) is 0 Å². The maximum absolute atomic E-state index is 12.5. The lowest BCUT2D eigenvalue weighted by Crippen LogP contribution is -2.49. The van der Waals surface area contributed by atoms with Gasteiger partial charge in [-0.3, -0.25) is 9.69 Å². The Labute approximate surface area is 145 Å². The lowest BCUT2D eigenvalue weighted by molar-refractivity contribution is -0.134. The molecule has 1 aromatic rings. The van der Waals surface area contributed by atoms with E-state index in [1.165, 1.54) is 32.1 Å². The molecule has 1 amide bonds. The lowest BCUT2D eigenvalue weighted by Gasteiger charge is -2.35. The standard InChI is InChI=1S/C20H30N2O2/c23-20(17-18-7-3-1-4-8-18)22-13-11-21(12-14-22)15-16-24-19-9-5-2-6-10-19/h2,5-6,9-10,18H,1,3-4,7-8,11-17H2. The number of nitrogens with zero attached hydrogens (tertiary/aromatic N) is 2. The molecule has 0 atom stereocenters. The Hall–Kier alpha value is -1.55. The second-order valence-corrected chi connectivity index (χ2v) is 7.09. The van der Waals surface area contributed by atoms with Gasteiger partial charge in [0.1, 0.15) is 12.4 Å². The fourth-order valence-electron chi connectivity index (χ4n) is 3.80. The molecule has 24 heavy (non-hydrogen) atoms. The number of rotatable bonds is 6. The van der Waals surface area contributed by atoms with Crippen LogP contribution in [0.5, 0.6) is 5.75 Å². The van der Waals surface area contributed by atoms with Crippen LogP contribution in [-0.2, 0) is 4.79 Å². The van der Waals surface area contributed by atoms with Crippen LogP contribution < -0.4 is 4.74 Å². The van der Waals surface area contributed by atoms with Crippen LogP contribution in [0.3, 0.4) is 0 Å². The summed E-state index contributed by atoms with van der Waals surface area (Å²) in [4.78, 5) is 16.9. The van der Waals surface area contributed by atoms with E-state index in [4.69, 9.17) is 4.74 Å². The van der Waals surface area contributed by atoms with Gasteiger partial charge >= 0.3 is 0 Å². The van der Waals surface area contributed by atoms with E-state index in [-0.39, 0.29) is 0 Å². The third kappa shape index (κ3) is 5.23. The third-order valence-electron chi connectivity index (χ3n) is 5.33. The number of piperazine rings is 1. The van der Waals surface area contributed by atoms with Crippen molar-refractivity contribution >= 4 is 5.91 Å². The van der Waals surface area contributed by atoms with Gasteiger partial charge in [-0.25, -0.2) is 0 Å². The molecule has 1 aliphatic carbocycles. The summed E-state index contributed by atoms with van der Waals surface area (Å²) in [5, 5.41) is 0. The molecule has 1 aromatic carbocycles. The molecule has 1 saturated heterocycles. The first-order valence-electron chi connectivity index (χ1n) is 9.49. The van der Waals surface area contributed by atoms with E-state index in [1.807, 2.05) is 30.3 Å². The summed E-state index contributed by atoms with van der Waals surface area (Å²) in [5.41, 5.74) is 0. The van der Waals surface area contributed by atoms with Gasteiger partial charge < -0.3 is 9.64 Å². The monoisotopic (exact) mass is 330 g/mol. The summed E-state index contributed by atoms with van der Waals surface area (Å²) in [6.07, 6.45) is 7.26. The fraction of sp³-hybridized carbons (Fsp3) is 0.650. The Bertz CT molecular complexity index is 492. The molecule has 1 heterocycles. The van der Waals surface area contributed by atoms with Crippen LogP contribution in [0.1, 0.15) is 38.5 Å². The number of amides is 1. The molecule has 0 bridgehead atoms. The van der Waals surface area contributed by atoms with Crippen LogP contribution in [0.15, 0.2) is 30.3 Å². The van der Waals surface area contributed by atoms with Crippen LogP contribution in [0, 0.1) is 5.92 Å². The van der Waals surface area contributed by atoms with E-state index < -0.39 is 0 Å². The molecule has 1 saturated carbocycles. The normalized spacial score (nSPS) is 20.1. The van der Waals surface area contributed by atoms with Gasteiger partial charge in [-0.1, -0.05) is 37.5 Å². The summed E-state index contributed by atoms with van der Waals surface area (Å²) in [5.74, 6) is 1.95. The van der Waals surface area contributed by atoms with Gasteiger partial charge in [0.05, 0.1) is 0 Å². The van der Waals surface area contributed by atoms with Crippen LogP contribution in [0.4, 0.5) is 0 Å². The molecule has 4 nitrogen and oxygen atoms in total. The van der Waals surface area contributed by atoms with Crippen LogP contribution >= 0.6 is 0 Å². The predicted molar refractivity (Wildman–Crippen MR) is 96.1 cm³/mol. The van der Waals surface area contributed by atoms with Crippen molar-refractivity contribution in [3.8, 4) is 5.75 Å². The number of hydrogen-bond acceptors (Lipinski definition) is 3. The quantitative estimate of drug-likeness (QED) is 0.803. The molecular formula is C20H30N2O2. The van der Waals surface area contributed by atoms with Crippen molar-refractivity contribution in [3.05, 3.63) is 30.3 Å². The summed E-state index contributed by atoms with van der Waals surface area (Å²) in [6, 6.07) is 9.96. The number of carbonyl (C=O) groups excluding carboxylic acids is 1. The lowest BCUT2D eigenvalue weighted by atomic mass is 9.86. The average Bonchev–Trinajstić information content (AvgIpc) is 2.64. The van der Waals surface area contributed by atoms with E-state index in [1.54, 1.807) is 0 Å². The largest absolute Gasteiger partial charge is 0.492 e. The second kappa shape index (κ2) is 9.07. The van der Waals surface area contributed by atoms with E-state index in [0.29, 0.717) is 18.4 Å². The van der Waals surface area contributed by atoms with Gasteiger partial charge in [-0.15, -0.1) is 0 Å². The first kappa shape index (κ1) is 17.3. The van der Waals surface area contributed by atoms with Gasteiger partial charge in [0.2, 0.25) is 5.91 Å². The van der Waals surface area contributed by atoms with Crippen LogP contribution in [0.2, 0.25) is 0 Å². The first-order valence-corrected chi connectivity index (χ1v) is 9.49. The zero-order valence-corrected chi connectivity index (χ0v) is 14.7. The Balaban J connectivity index is 1.32. The molecular weight excluding hydrogens is 300 g/mol. The topological polar surface area (TPSA) is 32.8 Å². The highest BCUT2D eigenvalue weighted by Gasteiger charge is 2.24. The highest BCUT2D eigenvalue weighted by molar-refractivity contribution is 5.76. The van der Waals surface area contributed by atoms with Crippen LogP contribution in [-0.4, -0.2) is 55.0 Å². The number of ether oxygens (including phenoxy) is 1. The number of benzene rings is 1. The molecule has 0 N–H and O–H groups in total. The maximum atomic E-state index is 12.5. The Morgan fingerprint density at radius 2 is 1.71 bits per heavy atom. The van der Waals surface area contributed by atoms with Crippen molar-refractivity contribution in [1.29, 1.82) is 0 Å². The second-order valence-electron chi connectivity index (χ2n) is 7.09. The minimum absolute atomic E-state index is 0.377. The molecule has 0 radical (unpaired) electrons. The van der Waals surface area contributed by atoms with Gasteiger partial charge in [0.25, 0.3) is 0 Å². The third-order valence-corrected chi connectivity index (χ3v) is 5.33. The molecule has 2 fully saturated rings. The molecule has 1 aliphatic heterocycles. The Morgan fingerprint density at radius 3 is 2.42 bits per heavy atom. The summed E-state index contributed by atoms with van der Waals surface area (Å²) in [7, 11) is 0. The minimum Gasteiger partial charge on any atom is -0.492 e. The summed E-state index contributed by atoms with van der Waals surface area (Å²) in [6.45, 7) is 5.32. The number of hydrogen-bond donors (Lipinski definition) is 0. The molecule has 132 valence electrons. The summed E-state index contributed by atoms with van der Waals surface area (Å²) < 4.78 is 5.76.